The Labute approximate surface area is 281 Å². The molecule has 0 rings (SSSR count). The van der Waals surface area contributed by atoms with Crippen LogP contribution < -0.4 is 0 Å². The van der Waals surface area contributed by atoms with Crippen molar-refractivity contribution in [2.45, 2.75) is 55.4 Å². The SMILES string of the molecule is CCOP(=S)([S-])OCC.CCOP(=S)([S-])OCC.CCOP(=S)([S-])OCC.CCOP(=S)([S-])OCC.[Mo+4]. The van der Waals surface area contributed by atoms with E-state index in [2.05, 4.69) is 0 Å². The Morgan fingerprint density at radius 2 is 0.432 bits per heavy atom. The van der Waals surface area contributed by atoms with Gasteiger partial charge in [-0.25, -0.2) is 0 Å². The van der Waals surface area contributed by atoms with Gasteiger partial charge in [0.25, 0.3) is 0 Å². The third-order valence-corrected chi connectivity index (χ3v) is 12.0. The quantitative estimate of drug-likeness (QED) is 0.0885. The maximum atomic E-state index is 4.99. The van der Waals surface area contributed by atoms with Crippen LogP contribution in [0.3, 0.4) is 0 Å². The van der Waals surface area contributed by atoms with E-state index in [1.807, 2.05) is 55.4 Å². The maximum Gasteiger partial charge on any atom is 4.00 e. The van der Waals surface area contributed by atoms with Gasteiger partial charge in [-0.3, -0.25) is 0 Å². The summed E-state index contributed by atoms with van der Waals surface area (Å²) < 4.78 is 39.9. The van der Waals surface area contributed by atoms with Gasteiger partial charge in [0.15, 0.2) is 0 Å². The summed E-state index contributed by atoms with van der Waals surface area (Å²) in [5, 5.41) is 0. The Bertz CT molecular complexity index is 547. The van der Waals surface area contributed by atoms with Gasteiger partial charge >= 0.3 is 21.1 Å². The summed E-state index contributed by atoms with van der Waals surface area (Å²) in [6.07, 6.45) is 0. The summed E-state index contributed by atoms with van der Waals surface area (Å²) in [4.78, 5) is 0. The maximum absolute atomic E-state index is 4.99. The first-order valence-corrected chi connectivity index (χ1v) is 25.5. The molecule has 0 radical (unpaired) electrons. The average molecular weight is 837 g/mol. The second-order valence-corrected chi connectivity index (χ2v) is 25.1. The molecule has 8 nitrogen and oxygen atoms in total. The van der Waals surface area contributed by atoms with Gasteiger partial charge in [0.05, 0.1) is 22.8 Å². The van der Waals surface area contributed by atoms with Gasteiger partial charge in [0.2, 0.25) is 0 Å². The fourth-order valence-electron chi connectivity index (χ4n) is 1.41. The Morgan fingerprint density at radius 3 is 0.486 bits per heavy atom. The molecule has 0 aliphatic rings. The van der Waals surface area contributed by atoms with Crippen LogP contribution in [-0.4, -0.2) is 52.9 Å². The minimum absolute atomic E-state index is 0. The summed E-state index contributed by atoms with van der Waals surface area (Å²) in [7, 11) is 0. The normalized spacial score (nSPS) is 11.6. The first-order chi connectivity index (χ1) is 16.5. The summed E-state index contributed by atoms with van der Waals surface area (Å²) in [6, 6.07) is 0. The number of rotatable bonds is 16. The largest absolute Gasteiger partial charge is 4.00 e. The van der Waals surface area contributed by atoms with Crippen molar-refractivity contribution < 1.29 is 57.3 Å². The summed E-state index contributed by atoms with van der Waals surface area (Å²) in [5.41, 5.74) is -9.10. The van der Waals surface area contributed by atoms with E-state index in [1.165, 1.54) is 0 Å². The molecule has 0 spiro atoms. The molecule has 0 aromatic rings. The topological polar surface area (TPSA) is 73.8 Å². The summed E-state index contributed by atoms with van der Waals surface area (Å²) in [6.45, 7) is 19.2. The van der Waals surface area contributed by atoms with Gasteiger partial charge < -0.3 is 85.2 Å². The predicted molar refractivity (Wildman–Crippen MR) is 180 cm³/mol. The van der Waals surface area contributed by atoms with Crippen molar-refractivity contribution in [3.8, 4) is 0 Å². The average Bonchev–Trinajstić information content (AvgIpc) is 2.69. The van der Waals surface area contributed by atoms with Crippen molar-refractivity contribution >= 4 is 119 Å². The van der Waals surface area contributed by atoms with E-state index in [1.54, 1.807) is 0 Å². The van der Waals surface area contributed by atoms with E-state index in [-0.39, 0.29) is 21.1 Å². The zero-order valence-electron chi connectivity index (χ0n) is 22.4. The minimum atomic E-state index is -2.28. The Balaban J connectivity index is -0.000000122. The monoisotopic (exact) mass is 838 g/mol. The third kappa shape index (κ3) is 44.9. The molecule has 21 heteroatoms. The minimum Gasteiger partial charge on any atom is -0.691 e. The third-order valence-electron chi connectivity index (χ3n) is 2.30. The zero-order chi connectivity index (χ0) is 29.3. The van der Waals surface area contributed by atoms with Crippen molar-refractivity contribution in [2.75, 3.05) is 52.9 Å². The van der Waals surface area contributed by atoms with Crippen LogP contribution in [0.4, 0.5) is 0 Å². The molecule has 0 aliphatic carbocycles. The van der Waals surface area contributed by atoms with Crippen LogP contribution in [0.2, 0.25) is 0 Å². The molecule has 0 heterocycles. The van der Waals surface area contributed by atoms with E-state index in [4.69, 9.17) is 132 Å². The van der Waals surface area contributed by atoms with Gasteiger partial charge in [-0.15, -0.1) is 0 Å². The van der Waals surface area contributed by atoms with Crippen molar-refractivity contribution in [3.05, 3.63) is 0 Å². The Morgan fingerprint density at radius 1 is 0.351 bits per heavy atom. The van der Waals surface area contributed by atoms with Gasteiger partial charge in [-0.2, -0.15) is 0 Å². The van der Waals surface area contributed by atoms with Gasteiger partial charge in [0.1, 0.15) is 0 Å². The van der Waals surface area contributed by atoms with Crippen LogP contribution in [-0.2, 0) is 153 Å². The zero-order valence-corrected chi connectivity index (χ0v) is 34.5. The van der Waals surface area contributed by atoms with Crippen LogP contribution in [0.25, 0.3) is 0 Å². The van der Waals surface area contributed by atoms with Gasteiger partial charge in [-0.1, -0.05) is 47.2 Å². The summed E-state index contributed by atoms with van der Waals surface area (Å²) >= 11 is 38.6. The number of hydrogen-bond acceptors (Lipinski definition) is 16. The molecule has 0 fully saturated rings. The van der Waals surface area contributed by atoms with E-state index in [9.17, 15) is 0 Å². The molecule has 0 aliphatic heterocycles. The van der Waals surface area contributed by atoms with Crippen molar-refractivity contribution in [3.63, 3.8) is 0 Å². The fraction of sp³-hybridized carbons (Fsp3) is 1.00. The second kappa shape index (κ2) is 31.8. The standard InChI is InChI=1S/4C4H11O2PS2.Mo/c4*1-3-5-7(8,9)6-4-2;/h4*3-4H2,1-2H3,(H,8,9);/q;;;;+4/p-4. The molecular weight excluding hydrogens is 797 g/mol. The molecule has 0 N–H and O–H groups in total. The second-order valence-electron chi connectivity index (χ2n) is 5.13. The van der Waals surface area contributed by atoms with Gasteiger partial charge in [0, 0.05) is 52.9 Å². The Kier molecular flexibility index (Phi) is 43.8. The molecule has 0 unspecified atom stereocenters. The van der Waals surface area contributed by atoms with Crippen LogP contribution >= 0.6 is 22.8 Å². The molecule has 0 saturated carbocycles. The van der Waals surface area contributed by atoms with Crippen LogP contribution in [0.15, 0.2) is 0 Å². The molecule has 0 amide bonds. The van der Waals surface area contributed by atoms with Gasteiger partial charge in [-0.05, 0) is 55.4 Å². The van der Waals surface area contributed by atoms with E-state index < -0.39 is 22.8 Å². The molecule has 0 atom stereocenters. The van der Waals surface area contributed by atoms with Crippen molar-refractivity contribution in [1.29, 1.82) is 0 Å². The molecule has 37 heavy (non-hydrogen) atoms. The van der Waals surface area contributed by atoms with Crippen molar-refractivity contribution in [1.82, 2.24) is 0 Å². The fourth-order valence-corrected chi connectivity index (χ4v) is 9.30. The van der Waals surface area contributed by atoms with E-state index in [0.29, 0.717) is 52.9 Å². The Hall–Kier alpha value is 4.37. The summed E-state index contributed by atoms with van der Waals surface area (Å²) in [5.74, 6) is 0. The van der Waals surface area contributed by atoms with Crippen LogP contribution in [0.1, 0.15) is 55.4 Å². The van der Waals surface area contributed by atoms with Crippen LogP contribution in [0, 0.1) is 0 Å². The molecular formula is C16H40MoO8P4S8. The van der Waals surface area contributed by atoms with Crippen LogP contribution in [0.5, 0.6) is 0 Å². The molecule has 0 saturated heterocycles. The van der Waals surface area contributed by atoms with E-state index >= 15 is 0 Å². The molecule has 0 bridgehead atoms. The smallest absolute Gasteiger partial charge is 0.691 e. The molecule has 0 aromatic heterocycles. The molecule has 226 valence electrons. The number of hydrogen-bond donors (Lipinski definition) is 0. The predicted octanol–water partition coefficient (Wildman–Crippen LogP) is 7.32. The van der Waals surface area contributed by atoms with E-state index in [0.717, 1.165) is 0 Å². The molecule has 0 aromatic carbocycles. The first-order valence-electron chi connectivity index (χ1n) is 10.9. The van der Waals surface area contributed by atoms with Crippen molar-refractivity contribution in [2.24, 2.45) is 0 Å². The first kappa shape index (κ1) is 51.0.